The second-order valence-corrected chi connectivity index (χ2v) is 5.53. The molecule has 4 N–H and O–H groups in total. The topological polar surface area (TPSA) is 95.2 Å². The van der Waals surface area contributed by atoms with Crippen molar-refractivity contribution >= 4 is 17.6 Å². The van der Waals surface area contributed by atoms with Gasteiger partial charge in [0.1, 0.15) is 5.71 Å². The zero-order chi connectivity index (χ0) is 18.3. The number of alkyl halides is 3. The lowest BCUT2D eigenvalue weighted by atomic mass is 10.1. The smallest absolute Gasteiger partial charge is 0.353 e. The van der Waals surface area contributed by atoms with E-state index in [2.05, 4.69) is 10.1 Å². The van der Waals surface area contributed by atoms with Gasteiger partial charge in [0.05, 0.1) is 24.1 Å². The van der Waals surface area contributed by atoms with Crippen LogP contribution in [0, 0.1) is 0 Å². The minimum atomic E-state index is -4.49. The van der Waals surface area contributed by atoms with Crippen LogP contribution in [-0.4, -0.2) is 31.4 Å². The summed E-state index contributed by atoms with van der Waals surface area (Å²) in [6.07, 6.45) is -0.738. The first-order valence-electron chi connectivity index (χ1n) is 7.88. The Bertz CT molecular complexity index is 626. The summed E-state index contributed by atoms with van der Waals surface area (Å²) in [5.74, 6) is 5.28. The Morgan fingerprint density at radius 2 is 2.16 bits per heavy atom. The molecule has 1 atom stereocenters. The van der Waals surface area contributed by atoms with E-state index in [1.54, 1.807) is 0 Å². The molecular formula is C16H21F3N4O2. The summed E-state index contributed by atoms with van der Waals surface area (Å²) in [6.45, 7) is 0.503. The number of rotatable bonds is 6. The lowest BCUT2D eigenvalue weighted by molar-refractivity contribution is -0.152. The zero-order valence-electron chi connectivity index (χ0n) is 13.6. The molecule has 1 aliphatic heterocycles. The Labute approximate surface area is 143 Å². The Hall–Kier alpha value is -1.97. The molecule has 9 heteroatoms. The number of nitrogens with two attached hydrogens (primary N) is 2. The number of benzene rings is 1. The van der Waals surface area contributed by atoms with Gasteiger partial charge < -0.3 is 21.1 Å². The van der Waals surface area contributed by atoms with Crippen LogP contribution in [0.1, 0.15) is 30.4 Å². The van der Waals surface area contributed by atoms with E-state index >= 15 is 0 Å². The molecular weight excluding hydrogens is 337 g/mol. The van der Waals surface area contributed by atoms with Crippen LogP contribution in [0.5, 0.6) is 0 Å². The Balaban J connectivity index is 2.03. The Morgan fingerprint density at radius 3 is 2.76 bits per heavy atom. The molecule has 1 saturated heterocycles. The molecule has 6 nitrogen and oxygen atoms in total. The van der Waals surface area contributed by atoms with Crippen LogP contribution in [0.4, 0.5) is 18.9 Å². The molecule has 1 aromatic carbocycles. The van der Waals surface area contributed by atoms with Gasteiger partial charge in [0.2, 0.25) is 0 Å². The van der Waals surface area contributed by atoms with Gasteiger partial charge in [0, 0.05) is 13.2 Å². The molecule has 0 radical (unpaired) electrons. The van der Waals surface area contributed by atoms with Gasteiger partial charge >= 0.3 is 6.18 Å². The third kappa shape index (κ3) is 5.80. The fourth-order valence-electron chi connectivity index (χ4n) is 2.36. The van der Waals surface area contributed by atoms with E-state index in [4.69, 9.17) is 21.1 Å². The predicted octanol–water partition coefficient (Wildman–Crippen LogP) is 2.72. The molecule has 1 unspecified atom stereocenters. The minimum absolute atomic E-state index is 0.0111. The fraction of sp³-hybridized carbons (Fsp3) is 0.500. The molecule has 1 fully saturated rings. The minimum Gasteiger partial charge on any atom is -0.353 e. The highest BCUT2D eigenvalue weighted by atomic mass is 19.4. The van der Waals surface area contributed by atoms with Crippen LogP contribution in [0.3, 0.4) is 0 Å². The normalized spacial score (nSPS) is 19.5. The number of aliphatic imine (C=N–C) groups is 1. The highest BCUT2D eigenvalue weighted by molar-refractivity contribution is 6.31. The summed E-state index contributed by atoms with van der Waals surface area (Å²) in [5, 5.41) is 3.54. The zero-order valence-corrected chi connectivity index (χ0v) is 13.6. The van der Waals surface area contributed by atoms with Crippen LogP contribution in [0.25, 0.3) is 0 Å². The first kappa shape index (κ1) is 19.4. The van der Waals surface area contributed by atoms with Crippen molar-refractivity contribution in [1.29, 1.82) is 0 Å². The number of hydrogen-bond donors (Lipinski definition) is 2. The predicted molar refractivity (Wildman–Crippen MR) is 88.7 cm³/mol. The monoisotopic (exact) mass is 358 g/mol. The average molecular weight is 358 g/mol. The van der Waals surface area contributed by atoms with Gasteiger partial charge in [-0.15, -0.1) is 0 Å². The molecule has 138 valence electrons. The maximum atomic E-state index is 13.0. The number of hydrogen-bond acceptors (Lipinski definition) is 6. The third-order valence-electron chi connectivity index (χ3n) is 3.70. The van der Waals surface area contributed by atoms with E-state index in [1.807, 2.05) is 0 Å². The molecule has 0 aromatic heterocycles. The lowest BCUT2D eigenvalue weighted by Gasteiger charge is -2.22. The Kier molecular flexibility index (Phi) is 6.91. The summed E-state index contributed by atoms with van der Waals surface area (Å²) < 4.78 is 50.0. The highest BCUT2D eigenvalue weighted by Gasteiger charge is 2.33. The molecule has 0 spiro atoms. The molecule has 25 heavy (non-hydrogen) atoms. The van der Waals surface area contributed by atoms with E-state index in [0.717, 1.165) is 25.3 Å². The summed E-state index contributed by atoms with van der Waals surface area (Å²) in [4.78, 5) is 3.99. The van der Waals surface area contributed by atoms with Crippen molar-refractivity contribution in [2.75, 3.05) is 13.2 Å². The van der Waals surface area contributed by atoms with E-state index in [9.17, 15) is 13.2 Å². The summed E-state index contributed by atoms with van der Waals surface area (Å²) in [5.41, 5.74) is 4.98. The fourth-order valence-corrected chi connectivity index (χ4v) is 2.36. The van der Waals surface area contributed by atoms with Crippen LogP contribution in [0.15, 0.2) is 28.3 Å². The molecule has 0 bridgehead atoms. The molecule has 1 heterocycles. The Morgan fingerprint density at radius 1 is 1.36 bits per heavy atom. The average Bonchev–Trinajstić information content (AvgIpc) is 2.62. The van der Waals surface area contributed by atoms with Gasteiger partial charge in [0.25, 0.3) is 0 Å². The summed E-state index contributed by atoms with van der Waals surface area (Å²) >= 11 is 0. The van der Waals surface area contributed by atoms with Gasteiger partial charge in [0.15, 0.2) is 6.29 Å². The van der Waals surface area contributed by atoms with E-state index < -0.39 is 11.7 Å². The van der Waals surface area contributed by atoms with E-state index in [-0.39, 0.29) is 30.7 Å². The number of halogens is 3. The maximum absolute atomic E-state index is 13.0. The van der Waals surface area contributed by atoms with Gasteiger partial charge in [-0.1, -0.05) is 6.07 Å². The van der Waals surface area contributed by atoms with Crippen molar-refractivity contribution < 1.29 is 22.6 Å². The van der Waals surface area contributed by atoms with Crippen molar-refractivity contribution in [1.82, 2.24) is 0 Å². The molecule has 0 aliphatic carbocycles. The van der Waals surface area contributed by atoms with Gasteiger partial charge in [-0.25, -0.2) is 0 Å². The van der Waals surface area contributed by atoms with Crippen LogP contribution < -0.4 is 11.6 Å². The highest BCUT2D eigenvalue weighted by Crippen LogP contribution is 2.34. The SMILES string of the molecule is NCc1ccc(N=CC(COC2CCCCO2)=NN)cc1C(F)(F)F. The standard InChI is InChI=1S/C16H21F3N4O2/c17-16(18,19)14-7-12(5-4-11(14)8-20)22-9-13(23-21)10-25-15-3-1-2-6-24-15/h4-5,7,9,15H,1-3,6,8,10,20-21H2. The molecule has 1 aromatic rings. The second kappa shape index (κ2) is 8.93. The van der Waals surface area contributed by atoms with Gasteiger partial charge in [-0.3, -0.25) is 4.99 Å². The van der Waals surface area contributed by atoms with Crippen LogP contribution >= 0.6 is 0 Å². The van der Waals surface area contributed by atoms with Crippen molar-refractivity contribution in [3.8, 4) is 0 Å². The largest absolute Gasteiger partial charge is 0.416 e. The van der Waals surface area contributed by atoms with Crippen LogP contribution in [0.2, 0.25) is 0 Å². The molecule has 0 saturated carbocycles. The van der Waals surface area contributed by atoms with Crippen molar-refractivity contribution in [2.45, 2.75) is 38.3 Å². The summed E-state index contributed by atoms with van der Waals surface area (Å²) in [6, 6.07) is 3.70. The molecule has 0 amide bonds. The number of hydrazone groups is 1. The van der Waals surface area contributed by atoms with E-state index in [0.29, 0.717) is 12.3 Å². The van der Waals surface area contributed by atoms with Crippen molar-refractivity contribution in [3.05, 3.63) is 29.3 Å². The number of ether oxygens (including phenoxy) is 2. The van der Waals surface area contributed by atoms with Gasteiger partial charge in [-0.05, 0) is 37.0 Å². The lowest BCUT2D eigenvalue weighted by Crippen LogP contribution is -2.26. The molecule has 2 rings (SSSR count). The van der Waals surface area contributed by atoms with Gasteiger partial charge in [-0.2, -0.15) is 18.3 Å². The molecule has 1 aliphatic rings. The first-order chi connectivity index (χ1) is 11.9. The van der Waals surface area contributed by atoms with E-state index in [1.165, 1.54) is 18.3 Å². The second-order valence-electron chi connectivity index (χ2n) is 5.53. The summed E-state index contributed by atoms with van der Waals surface area (Å²) in [7, 11) is 0. The van der Waals surface area contributed by atoms with Crippen LogP contribution in [-0.2, 0) is 22.2 Å². The number of nitrogens with zero attached hydrogens (tertiary/aromatic N) is 2. The quantitative estimate of drug-likeness (QED) is 0.464. The van der Waals surface area contributed by atoms with Crippen molar-refractivity contribution in [3.63, 3.8) is 0 Å². The first-order valence-corrected chi connectivity index (χ1v) is 7.88. The maximum Gasteiger partial charge on any atom is 0.416 e. The van der Waals surface area contributed by atoms with Crippen molar-refractivity contribution in [2.24, 2.45) is 21.7 Å². The third-order valence-corrected chi connectivity index (χ3v) is 3.70.